The Hall–Kier alpha value is -1.66. The molecule has 0 spiro atoms. The molecule has 118 valence electrons. The molecule has 0 radical (unpaired) electrons. The number of carbonyl (C=O) groups is 1. The predicted molar refractivity (Wildman–Crippen MR) is 73.3 cm³/mol. The van der Waals surface area contributed by atoms with E-state index in [1.165, 1.54) is 6.07 Å². The molecule has 2 heterocycles. The van der Waals surface area contributed by atoms with Crippen LogP contribution in [0.2, 0.25) is 0 Å². The Labute approximate surface area is 122 Å². The van der Waals surface area contributed by atoms with Crippen LogP contribution in [0.3, 0.4) is 0 Å². The Morgan fingerprint density at radius 2 is 2.00 bits per heavy atom. The Balaban J connectivity index is 1.89. The summed E-state index contributed by atoms with van der Waals surface area (Å²) in [5.41, 5.74) is -0.716. The van der Waals surface area contributed by atoms with Gasteiger partial charge in [0.1, 0.15) is 11.3 Å². The molecule has 0 bridgehead atoms. The largest absolute Gasteiger partial charge is 0.444 e. The molecule has 21 heavy (non-hydrogen) atoms. The fourth-order valence-corrected chi connectivity index (χ4v) is 2.31. The molecule has 1 aromatic heterocycles. The second-order valence-electron chi connectivity index (χ2n) is 6.22. The van der Waals surface area contributed by atoms with E-state index in [9.17, 15) is 13.6 Å². The molecule has 1 amide bonds. The number of rotatable bonds is 2. The molecule has 2 rings (SSSR count). The Morgan fingerprint density at radius 1 is 1.38 bits per heavy atom. The Morgan fingerprint density at radius 3 is 2.48 bits per heavy atom. The summed E-state index contributed by atoms with van der Waals surface area (Å²) in [4.78, 5) is 13.6. The number of hydrogen-bond acceptors (Lipinski definition) is 3. The minimum absolute atomic E-state index is 0.0520. The van der Waals surface area contributed by atoms with Crippen molar-refractivity contribution in [1.82, 2.24) is 14.7 Å². The molecule has 7 heteroatoms. The zero-order valence-electron chi connectivity index (χ0n) is 12.6. The lowest BCUT2D eigenvalue weighted by atomic mass is 10.1. The van der Waals surface area contributed by atoms with E-state index in [1.54, 1.807) is 15.8 Å². The van der Waals surface area contributed by atoms with Crippen LogP contribution >= 0.6 is 0 Å². The molecule has 0 saturated carbocycles. The number of carbonyl (C=O) groups excluding carboxylic acids is 1. The van der Waals surface area contributed by atoms with Gasteiger partial charge in [-0.2, -0.15) is 5.10 Å². The first kappa shape index (κ1) is 15.7. The van der Waals surface area contributed by atoms with Crippen molar-refractivity contribution in [2.75, 3.05) is 13.1 Å². The minimum atomic E-state index is -2.55. The van der Waals surface area contributed by atoms with Gasteiger partial charge in [-0.3, -0.25) is 4.68 Å². The van der Waals surface area contributed by atoms with Crippen molar-refractivity contribution >= 4 is 6.09 Å². The van der Waals surface area contributed by atoms with Crippen molar-refractivity contribution in [3.8, 4) is 0 Å². The zero-order valence-corrected chi connectivity index (χ0v) is 12.6. The van der Waals surface area contributed by atoms with Gasteiger partial charge < -0.3 is 9.64 Å². The van der Waals surface area contributed by atoms with Gasteiger partial charge >= 0.3 is 6.09 Å². The van der Waals surface area contributed by atoms with Crippen molar-refractivity contribution < 1.29 is 18.3 Å². The lowest BCUT2D eigenvalue weighted by Crippen LogP contribution is -2.42. The number of piperidine rings is 1. The first-order chi connectivity index (χ1) is 9.76. The molecule has 1 aliphatic heterocycles. The maximum atomic E-state index is 12.5. The van der Waals surface area contributed by atoms with Crippen LogP contribution in [0.1, 0.15) is 51.8 Å². The summed E-state index contributed by atoms with van der Waals surface area (Å²) in [6.07, 6.45) is 0.0745. The van der Waals surface area contributed by atoms with Crippen LogP contribution in [0.15, 0.2) is 12.3 Å². The van der Waals surface area contributed by atoms with Crippen molar-refractivity contribution in [3.63, 3.8) is 0 Å². The Bertz CT molecular complexity index is 489. The first-order valence-electron chi connectivity index (χ1n) is 7.07. The topological polar surface area (TPSA) is 47.4 Å². The lowest BCUT2D eigenvalue weighted by molar-refractivity contribution is 0.0184. The van der Waals surface area contributed by atoms with Gasteiger partial charge in [-0.1, -0.05) is 0 Å². The SMILES string of the molecule is CC(C)(C)OC(=O)N1CCC(n2ccc(C(F)F)n2)CC1. The normalized spacial score (nSPS) is 17.3. The standard InChI is InChI=1S/C14H21F2N3O2/c1-14(2,3)21-13(20)18-7-4-10(5-8-18)19-9-6-11(17-19)12(15)16/h6,9-10,12H,4-5,7-8H2,1-3H3. The Kier molecular flexibility index (Phi) is 4.49. The number of halogens is 2. The highest BCUT2D eigenvalue weighted by Gasteiger charge is 2.28. The third kappa shape index (κ3) is 4.15. The molecule has 1 saturated heterocycles. The molecule has 1 aliphatic rings. The van der Waals surface area contributed by atoms with E-state index in [0.29, 0.717) is 25.9 Å². The van der Waals surface area contributed by atoms with Gasteiger partial charge in [0.25, 0.3) is 6.43 Å². The van der Waals surface area contributed by atoms with Crippen LogP contribution in [0.4, 0.5) is 13.6 Å². The number of likely N-dealkylation sites (tertiary alicyclic amines) is 1. The van der Waals surface area contributed by atoms with E-state index in [0.717, 1.165) is 0 Å². The summed E-state index contributed by atoms with van der Waals surface area (Å²) < 4.78 is 32.0. The smallest absolute Gasteiger partial charge is 0.410 e. The van der Waals surface area contributed by atoms with Gasteiger partial charge in [-0.25, -0.2) is 13.6 Å². The summed E-state index contributed by atoms with van der Waals surface area (Å²) >= 11 is 0. The highest BCUT2D eigenvalue weighted by molar-refractivity contribution is 5.68. The molecule has 5 nitrogen and oxygen atoms in total. The van der Waals surface area contributed by atoms with E-state index in [1.807, 2.05) is 20.8 Å². The van der Waals surface area contributed by atoms with E-state index in [2.05, 4.69) is 5.10 Å². The summed E-state index contributed by atoms with van der Waals surface area (Å²) in [6.45, 7) is 6.57. The summed E-state index contributed by atoms with van der Waals surface area (Å²) in [5.74, 6) is 0. The number of alkyl halides is 2. The first-order valence-corrected chi connectivity index (χ1v) is 7.07. The zero-order chi connectivity index (χ0) is 15.6. The molecule has 1 fully saturated rings. The summed E-state index contributed by atoms with van der Waals surface area (Å²) in [7, 11) is 0. The van der Waals surface area contributed by atoms with E-state index < -0.39 is 12.0 Å². The average Bonchev–Trinajstić information content (AvgIpc) is 2.86. The maximum Gasteiger partial charge on any atom is 0.410 e. The highest BCUT2D eigenvalue weighted by atomic mass is 19.3. The van der Waals surface area contributed by atoms with E-state index in [-0.39, 0.29) is 17.8 Å². The van der Waals surface area contributed by atoms with Crippen LogP contribution in [0.5, 0.6) is 0 Å². The lowest BCUT2D eigenvalue weighted by Gasteiger charge is -2.33. The predicted octanol–water partition coefficient (Wildman–Crippen LogP) is 3.39. The molecule has 0 aliphatic carbocycles. The second kappa shape index (κ2) is 5.99. The van der Waals surface area contributed by atoms with Gasteiger partial charge in [-0.05, 0) is 39.7 Å². The van der Waals surface area contributed by atoms with Crippen LogP contribution in [0.25, 0.3) is 0 Å². The molecule has 0 unspecified atom stereocenters. The highest BCUT2D eigenvalue weighted by Crippen LogP contribution is 2.25. The fourth-order valence-electron chi connectivity index (χ4n) is 2.31. The maximum absolute atomic E-state index is 12.5. The summed E-state index contributed by atoms with van der Waals surface area (Å²) in [5, 5.41) is 3.89. The molecule has 1 aromatic rings. The van der Waals surface area contributed by atoms with Crippen LogP contribution in [0, 0.1) is 0 Å². The van der Waals surface area contributed by atoms with Gasteiger partial charge in [0.15, 0.2) is 0 Å². The molecule has 0 N–H and O–H groups in total. The molecular weight excluding hydrogens is 280 g/mol. The van der Waals surface area contributed by atoms with Crippen LogP contribution < -0.4 is 0 Å². The van der Waals surface area contributed by atoms with Crippen LogP contribution in [-0.4, -0.2) is 39.5 Å². The average molecular weight is 301 g/mol. The fraction of sp³-hybridized carbons (Fsp3) is 0.714. The quantitative estimate of drug-likeness (QED) is 0.841. The van der Waals surface area contributed by atoms with Gasteiger partial charge in [-0.15, -0.1) is 0 Å². The monoisotopic (exact) mass is 301 g/mol. The van der Waals surface area contributed by atoms with Gasteiger partial charge in [0.05, 0.1) is 6.04 Å². The number of ether oxygens (including phenoxy) is 1. The van der Waals surface area contributed by atoms with Gasteiger partial charge in [0, 0.05) is 19.3 Å². The van der Waals surface area contributed by atoms with E-state index >= 15 is 0 Å². The number of hydrogen-bond donors (Lipinski definition) is 0. The summed E-state index contributed by atoms with van der Waals surface area (Å²) in [6, 6.07) is 1.39. The molecular formula is C14H21F2N3O2. The van der Waals surface area contributed by atoms with Crippen molar-refractivity contribution in [2.45, 2.75) is 51.7 Å². The van der Waals surface area contributed by atoms with Crippen LogP contribution in [-0.2, 0) is 4.74 Å². The van der Waals surface area contributed by atoms with Crippen molar-refractivity contribution in [2.24, 2.45) is 0 Å². The molecule has 0 atom stereocenters. The third-order valence-corrected chi connectivity index (χ3v) is 3.34. The minimum Gasteiger partial charge on any atom is -0.444 e. The number of amides is 1. The van der Waals surface area contributed by atoms with Crippen molar-refractivity contribution in [1.29, 1.82) is 0 Å². The second-order valence-corrected chi connectivity index (χ2v) is 6.22. The van der Waals surface area contributed by atoms with E-state index in [4.69, 9.17) is 4.74 Å². The number of nitrogens with zero attached hydrogens (tertiary/aromatic N) is 3. The third-order valence-electron chi connectivity index (χ3n) is 3.34. The van der Waals surface area contributed by atoms with Crippen molar-refractivity contribution in [3.05, 3.63) is 18.0 Å². The number of aromatic nitrogens is 2. The van der Waals surface area contributed by atoms with Gasteiger partial charge in [0.2, 0.25) is 0 Å². The molecule has 0 aromatic carbocycles.